The maximum absolute atomic E-state index is 13.0. The fourth-order valence-electron chi connectivity index (χ4n) is 6.80. The highest BCUT2D eigenvalue weighted by Crippen LogP contribution is 2.48. The Morgan fingerprint density at radius 2 is 1.95 bits per heavy atom. The van der Waals surface area contributed by atoms with E-state index in [0.717, 1.165) is 51.6 Å². The molecule has 1 spiro atoms. The number of amides is 1. The fourth-order valence-corrected chi connectivity index (χ4v) is 7.87. The van der Waals surface area contributed by atoms with Gasteiger partial charge in [0, 0.05) is 18.5 Å². The zero-order valence-electron chi connectivity index (χ0n) is 22.6. The number of carbonyl (C=O) groups is 1. The number of nitrogens with zero attached hydrogens (tertiary/aromatic N) is 2. The Hall–Kier alpha value is -2.61. The first-order valence-electron chi connectivity index (χ1n) is 14.3. The third-order valence-electron chi connectivity index (χ3n) is 8.98. The summed E-state index contributed by atoms with van der Waals surface area (Å²) in [7, 11) is -3.71. The summed E-state index contributed by atoms with van der Waals surface area (Å²) in [5.41, 5.74) is 2.46. The number of pyridine rings is 1. The SMILES string of the molecule is C=CC1=C(/C=C\C)[C@]2(CCC1)COc1ccc3nc1N(C[C@@H]1CC[C@H]1CCCCCCS(=O)(=O)NC3=O)C2. The number of hydrogen-bond donors (Lipinski definition) is 1. The van der Waals surface area contributed by atoms with Crippen LogP contribution in [0.15, 0.2) is 48.1 Å². The van der Waals surface area contributed by atoms with Crippen LogP contribution in [0.2, 0.25) is 0 Å². The highest BCUT2D eigenvalue weighted by Gasteiger charge is 2.44. The predicted molar refractivity (Wildman–Crippen MR) is 151 cm³/mol. The van der Waals surface area contributed by atoms with Crippen molar-refractivity contribution >= 4 is 21.7 Å². The van der Waals surface area contributed by atoms with Gasteiger partial charge in [0.1, 0.15) is 5.69 Å². The van der Waals surface area contributed by atoms with Crippen molar-refractivity contribution in [1.29, 1.82) is 0 Å². The second-order valence-electron chi connectivity index (χ2n) is 11.5. The number of nitrogens with one attached hydrogen (secondary N) is 1. The summed E-state index contributed by atoms with van der Waals surface area (Å²) in [4.78, 5) is 20.1. The maximum atomic E-state index is 13.0. The van der Waals surface area contributed by atoms with E-state index in [1.807, 2.05) is 13.0 Å². The van der Waals surface area contributed by atoms with Crippen molar-refractivity contribution in [2.45, 2.75) is 71.1 Å². The summed E-state index contributed by atoms with van der Waals surface area (Å²) >= 11 is 0. The smallest absolute Gasteiger partial charge is 0.283 e. The molecule has 7 nitrogen and oxygen atoms in total. The van der Waals surface area contributed by atoms with Gasteiger partial charge in [0.15, 0.2) is 11.6 Å². The molecule has 2 bridgehead atoms. The minimum Gasteiger partial charge on any atom is -0.489 e. The lowest BCUT2D eigenvalue weighted by molar-refractivity contribution is 0.0976. The first kappa shape index (κ1) is 27.0. The van der Waals surface area contributed by atoms with Gasteiger partial charge in [-0.3, -0.25) is 4.79 Å². The van der Waals surface area contributed by atoms with Crippen molar-refractivity contribution < 1.29 is 17.9 Å². The second kappa shape index (κ2) is 11.2. The van der Waals surface area contributed by atoms with Gasteiger partial charge >= 0.3 is 0 Å². The molecule has 1 N–H and O–H groups in total. The summed E-state index contributed by atoms with van der Waals surface area (Å²) in [6.07, 6.45) is 16.6. The molecule has 0 saturated heterocycles. The van der Waals surface area contributed by atoms with Gasteiger partial charge in [-0.15, -0.1) is 0 Å². The molecule has 5 rings (SSSR count). The lowest BCUT2D eigenvalue weighted by Gasteiger charge is -2.44. The predicted octanol–water partition coefficient (Wildman–Crippen LogP) is 5.56. The molecular formula is C30H41N3O4S. The molecule has 38 heavy (non-hydrogen) atoms. The maximum Gasteiger partial charge on any atom is 0.283 e. The fraction of sp³-hybridized carbons (Fsp3) is 0.600. The lowest BCUT2D eigenvalue weighted by Crippen LogP contribution is -2.46. The zero-order chi connectivity index (χ0) is 26.8. The number of fused-ring (bicyclic) bond motifs is 2. The molecule has 8 heteroatoms. The van der Waals surface area contributed by atoms with Gasteiger partial charge in [-0.25, -0.2) is 18.1 Å². The van der Waals surface area contributed by atoms with Crippen LogP contribution in [0.3, 0.4) is 0 Å². The van der Waals surface area contributed by atoms with Crippen molar-refractivity contribution in [1.82, 2.24) is 9.71 Å². The number of carbonyl (C=O) groups excluding carboxylic acids is 1. The number of rotatable bonds is 2. The molecule has 1 saturated carbocycles. The average Bonchev–Trinajstić information content (AvgIpc) is 3.03. The molecular weight excluding hydrogens is 498 g/mol. The number of ether oxygens (including phenoxy) is 1. The zero-order valence-corrected chi connectivity index (χ0v) is 23.4. The Labute approximate surface area is 227 Å². The van der Waals surface area contributed by atoms with Crippen LogP contribution in [0.4, 0.5) is 5.82 Å². The van der Waals surface area contributed by atoms with E-state index in [1.165, 1.54) is 30.4 Å². The molecule has 2 aliphatic heterocycles. The highest BCUT2D eigenvalue weighted by molar-refractivity contribution is 7.90. The lowest BCUT2D eigenvalue weighted by atomic mass is 9.68. The largest absolute Gasteiger partial charge is 0.489 e. The molecule has 1 amide bonds. The van der Waals surface area contributed by atoms with Crippen molar-refractivity contribution in [3.05, 3.63) is 53.8 Å². The van der Waals surface area contributed by atoms with Crippen LogP contribution in [-0.2, 0) is 10.0 Å². The summed E-state index contributed by atoms with van der Waals surface area (Å²) in [6.45, 7) is 8.30. The third kappa shape index (κ3) is 5.56. The third-order valence-corrected chi connectivity index (χ3v) is 10.3. The van der Waals surface area contributed by atoms with E-state index >= 15 is 0 Å². The normalized spacial score (nSPS) is 30.1. The average molecular weight is 540 g/mol. The number of anilines is 1. The Bertz CT molecular complexity index is 1240. The van der Waals surface area contributed by atoms with Crippen LogP contribution in [0.25, 0.3) is 0 Å². The molecule has 206 valence electrons. The number of hydrogen-bond acceptors (Lipinski definition) is 6. The molecule has 1 fully saturated rings. The van der Waals surface area contributed by atoms with Crippen LogP contribution >= 0.6 is 0 Å². The molecule has 0 unspecified atom stereocenters. The van der Waals surface area contributed by atoms with Crippen molar-refractivity contribution in [2.24, 2.45) is 17.3 Å². The molecule has 1 aromatic heterocycles. The molecule has 0 radical (unpaired) electrons. The van der Waals surface area contributed by atoms with Gasteiger partial charge in [0.05, 0.1) is 12.4 Å². The Balaban J connectivity index is 1.56. The van der Waals surface area contributed by atoms with Crippen molar-refractivity contribution in [2.75, 3.05) is 30.3 Å². The van der Waals surface area contributed by atoms with Crippen LogP contribution in [-0.4, -0.2) is 44.8 Å². The first-order chi connectivity index (χ1) is 18.3. The standard InChI is InChI=1S/C30H41N3O4S/c1-3-10-25-22(4-2)12-9-17-30(25)20-33-19-24-14-13-23(24)11-7-5-6-8-18-38(35,36)32-29(34)26-15-16-27(37-21-30)28(33)31-26/h3-4,10,15-16,23-24H,2,5-9,11-14,17-21H2,1H3,(H,32,34)/b10-3-/t23-,24+,30+/m1/s1. The summed E-state index contributed by atoms with van der Waals surface area (Å²) in [6, 6.07) is 3.36. The van der Waals surface area contributed by atoms with E-state index in [-0.39, 0.29) is 16.9 Å². The van der Waals surface area contributed by atoms with Crippen molar-refractivity contribution in [3.63, 3.8) is 0 Å². The molecule has 4 aliphatic rings. The minimum atomic E-state index is -3.71. The van der Waals surface area contributed by atoms with E-state index < -0.39 is 15.9 Å². The Kier molecular flexibility index (Phi) is 7.98. The molecule has 0 aromatic carbocycles. The summed E-state index contributed by atoms with van der Waals surface area (Å²) in [5, 5.41) is 0. The van der Waals surface area contributed by atoms with Crippen molar-refractivity contribution in [3.8, 4) is 5.75 Å². The van der Waals surface area contributed by atoms with Gasteiger partial charge < -0.3 is 9.64 Å². The molecule has 2 aliphatic carbocycles. The highest BCUT2D eigenvalue weighted by atomic mass is 32.2. The Morgan fingerprint density at radius 1 is 1.13 bits per heavy atom. The first-order valence-corrected chi connectivity index (χ1v) is 15.9. The van der Waals surface area contributed by atoms with Gasteiger partial charge in [-0.2, -0.15) is 0 Å². The van der Waals surface area contributed by atoms with Crippen LogP contribution in [0, 0.1) is 17.3 Å². The van der Waals surface area contributed by atoms with E-state index in [1.54, 1.807) is 12.1 Å². The van der Waals surface area contributed by atoms with E-state index in [0.29, 0.717) is 36.4 Å². The van der Waals surface area contributed by atoms with E-state index in [2.05, 4.69) is 28.4 Å². The van der Waals surface area contributed by atoms with Crippen LogP contribution < -0.4 is 14.4 Å². The van der Waals surface area contributed by atoms with Crippen LogP contribution in [0.1, 0.15) is 81.6 Å². The summed E-state index contributed by atoms with van der Waals surface area (Å²) in [5.74, 6) is 1.85. The molecule has 3 heterocycles. The minimum absolute atomic E-state index is 0.0425. The molecule has 3 atom stereocenters. The molecule has 1 aromatic rings. The topological polar surface area (TPSA) is 88.6 Å². The summed E-state index contributed by atoms with van der Waals surface area (Å²) < 4.78 is 33.9. The quantitative estimate of drug-likeness (QED) is 0.529. The van der Waals surface area contributed by atoms with Crippen LogP contribution in [0.5, 0.6) is 5.75 Å². The van der Waals surface area contributed by atoms with Gasteiger partial charge in [-0.05, 0) is 80.6 Å². The number of aromatic nitrogens is 1. The van der Waals surface area contributed by atoms with Gasteiger partial charge in [0.2, 0.25) is 10.0 Å². The van der Waals surface area contributed by atoms with Gasteiger partial charge in [-0.1, -0.05) is 50.5 Å². The van der Waals surface area contributed by atoms with E-state index in [9.17, 15) is 13.2 Å². The number of sulfonamides is 1. The monoisotopic (exact) mass is 539 g/mol. The second-order valence-corrected chi connectivity index (χ2v) is 13.4. The number of allylic oxidation sites excluding steroid dienone is 4. The Morgan fingerprint density at radius 3 is 2.71 bits per heavy atom. The van der Waals surface area contributed by atoms with Gasteiger partial charge in [0.25, 0.3) is 5.91 Å². The van der Waals surface area contributed by atoms with E-state index in [4.69, 9.17) is 9.72 Å².